The summed E-state index contributed by atoms with van der Waals surface area (Å²) in [5, 5.41) is 10.5. The lowest BCUT2D eigenvalue weighted by atomic mass is 9.96. The molecule has 110 valence electrons. The summed E-state index contributed by atoms with van der Waals surface area (Å²) in [6.45, 7) is 1.51. The molecule has 1 fully saturated rings. The van der Waals surface area contributed by atoms with Crippen molar-refractivity contribution >= 4 is 39.3 Å². The third-order valence-corrected chi connectivity index (χ3v) is 4.44. The van der Waals surface area contributed by atoms with E-state index in [4.69, 9.17) is 4.42 Å². The van der Waals surface area contributed by atoms with E-state index in [2.05, 4.69) is 15.9 Å². The molecule has 0 aliphatic heterocycles. The minimum absolute atomic E-state index is 0.0245. The van der Waals surface area contributed by atoms with E-state index in [-0.39, 0.29) is 11.8 Å². The molecule has 21 heavy (non-hydrogen) atoms. The van der Waals surface area contributed by atoms with Crippen molar-refractivity contribution in [2.45, 2.75) is 31.3 Å². The van der Waals surface area contributed by atoms with Gasteiger partial charge in [0.2, 0.25) is 6.41 Å². The third kappa shape index (κ3) is 2.23. The number of hydrogen-bond donors (Lipinski definition) is 1. The van der Waals surface area contributed by atoms with Gasteiger partial charge in [-0.05, 0) is 44.0 Å². The maximum atomic E-state index is 11.8. The van der Waals surface area contributed by atoms with Crippen LogP contribution in [0.1, 0.15) is 25.5 Å². The van der Waals surface area contributed by atoms with E-state index < -0.39 is 11.5 Å². The highest BCUT2D eigenvalue weighted by Gasteiger charge is 2.49. The molecule has 1 N–H and O–H groups in total. The smallest absolute Gasteiger partial charge is 0.337 e. The van der Waals surface area contributed by atoms with Crippen molar-refractivity contribution in [3.05, 3.63) is 34.5 Å². The van der Waals surface area contributed by atoms with Crippen LogP contribution in [0.2, 0.25) is 0 Å². The Kier molecular flexibility index (Phi) is 3.28. The molecule has 1 aromatic heterocycles. The van der Waals surface area contributed by atoms with Crippen LogP contribution >= 0.6 is 15.9 Å². The van der Waals surface area contributed by atoms with Crippen LogP contribution in [0.15, 0.2) is 33.2 Å². The third-order valence-electron chi connectivity index (χ3n) is 3.94. The monoisotopic (exact) mass is 351 g/mol. The normalized spacial score (nSPS) is 17.4. The molecule has 0 saturated heterocycles. The first-order valence-electron chi connectivity index (χ1n) is 6.63. The van der Waals surface area contributed by atoms with Crippen LogP contribution < -0.4 is 0 Å². The van der Waals surface area contributed by atoms with E-state index in [0.717, 1.165) is 22.7 Å². The standard InChI is InChI=1S/C15H14BrNO4/c1-15(14(19)20,17(8-18)11-3-4-11)13-7-9-6-10(16)2-5-12(9)21-13/h2,5-8,11H,3-4H2,1H3,(H,19,20). The van der Waals surface area contributed by atoms with Gasteiger partial charge in [0.05, 0.1) is 0 Å². The van der Waals surface area contributed by atoms with Crippen LogP contribution in [-0.2, 0) is 15.1 Å². The maximum absolute atomic E-state index is 11.8. The van der Waals surface area contributed by atoms with Gasteiger partial charge in [0.25, 0.3) is 0 Å². The van der Waals surface area contributed by atoms with Gasteiger partial charge < -0.3 is 14.4 Å². The molecule has 1 unspecified atom stereocenters. The highest BCUT2D eigenvalue weighted by atomic mass is 79.9. The summed E-state index contributed by atoms with van der Waals surface area (Å²) in [5.41, 5.74) is -0.892. The molecule has 6 heteroatoms. The van der Waals surface area contributed by atoms with Crippen molar-refractivity contribution in [2.75, 3.05) is 0 Å². The SMILES string of the molecule is CC(C(=O)O)(c1cc2cc(Br)ccc2o1)N(C=O)C1CC1. The van der Waals surface area contributed by atoms with E-state index >= 15 is 0 Å². The number of carbonyl (C=O) groups is 2. The van der Waals surface area contributed by atoms with Gasteiger partial charge in [0.15, 0.2) is 5.54 Å². The summed E-state index contributed by atoms with van der Waals surface area (Å²) in [6, 6.07) is 7.11. The lowest BCUT2D eigenvalue weighted by Gasteiger charge is -2.33. The zero-order valence-corrected chi connectivity index (χ0v) is 13.0. The summed E-state index contributed by atoms with van der Waals surface area (Å²) in [4.78, 5) is 24.6. The quantitative estimate of drug-likeness (QED) is 0.840. The van der Waals surface area contributed by atoms with Crippen molar-refractivity contribution in [2.24, 2.45) is 0 Å². The van der Waals surface area contributed by atoms with Gasteiger partial charge in [-0.3, -0.25) is 4.79 Å². The number of carboxylic acids is 1. The van der Waals surface area contributed by atoms with E-state index in [1.54, 1.807) is 12.1 Å². The molecule has 3 rings (SSSR count). The van der Waals surface area contributed by atoms with Gasteiger partial charge in [-0.1, -0.05) is 15.9 Å². The Balaban J connectivity index is 2.14. The molecule has 1 aliphatic rings. The van der Waals surface area contributed by atoms with E-state index in [1.165, 1.54) is 11.8 Å². The fraction of sp³-hybridized carbons (Fsp3) is 0.333. The number of rotatable bonds is 5. The number of halogens is 1. The lowest BCUT2D eigenvalue weighted by molar-refractivity contribution is -0.156. The Hall–Kier alpha value is -1.82. The van der Waals surface area contributed by atoms with Crippen molar-refractivity contribution in [3.63, 3.8) is 0 Å². The minimum atomic E-state index is -1.49. The number of fused-ring (bicyclic) bond motifs is 1. The molecule has 1 aromatic carbocycles. The first kappa shape index (κ1) is 14.1. The summed E-state index contributed by atoms with van der Waals surface area (Å²) in [6.07, 6.45) is 2.26. The Morgan fingerprint density at radius 1 is 1.48 bits per heavy atom. The Morgan fingerprint density at radius 2 is 2.19 bits per heavy atom. The van der Waals surface area contributed by atoms with Gasteiger partial charge in [0.1, 0.15) is 11.3 Å². The molecule has 2 aromatic rings. The fourth-order valence-corrected chi connectivity index (χ4v) is 2.89. The molecule has 1 atom stereocenters. The van der Waals surface area contributed by atoms with Gasteiger partial charge in [0, 0.05) is 15.9 Å². The molecular formula is C15H14BrNO4. The topological polar surface area (TPSA) is 70.8 Å². The number of carbonyl (C=O) groups excluding carboxylic acids is 1. The zero-order valence-electron chi connectivity index (χ0n) is 11.4. The Morgan fingerprint density at radius 3 is 2.76 bits per heavy atom. The van der Waals surface area contributed by atoms with Crippen LogP contribution in [0.5, 0.6) is 0 Å². The predicted molar refractivity (Wildman–Crippen MR) is 79.8 cm³/mol. The van der Waals surface area contributed by atoms with Gasteiger partial charge in [-0.25, -0.2) is 4.79 Å². The van der Waals surface area contributed by atoms with Crippen LogP contribution in [0.25, 0.3) is 11.0 Å². The van der Waals surface area contributed by atoms with E-state index in [0.29, 0.717) is 12.0 Å². The number of benzene rings is 1. The molecular weight excluding hydrogens is 338 g/mol. The summed E-state index contributed by atoms with van der Waals surface area (Å²) < 4.78 is 6.59. The van der Waals surface area contributed by atoms with Crippen molar-refractivity contribution in [1.82, 2.24) is 4.90 Å². The first-order chi connectivity index (χ1) is 9.96. The molecule has 0 spiro atoms. The largest absolute Gasteiger partial charge is 0.479 e. The lowest BCUT2D eigenvalue weighted by Crippen LogP contribution is -2.50. The van der Waals surface area contributed by atoms with Crippen molar-refractivity contribution in [3.8, 4) is 0 Å². The van der Waals surface area contributed by atoms with Gasteiger partial charge in [-0.15, -0.1) is 0 Å². The second-order valence-electron chi connectivity index (χ2n) is 5.41. The number of amides is 1. The number of aliphatic carboxylic acids is 1. The number of hydrogen-bond acceptors (Lipinski definition) is 3. The highest BCUT2D eigenvalue weighted by Crippen LogP contribution is 2.39. The number of nitrogens with zero attached hydrogens (tertiary/aromatic N) is 1. The molecule has 5 nitrogen and oxygen atoms in total. The van der Waals surface area contributed by atoms with Crippen molar-refractivity contribution in [1.29, 1.82) is 0 Å². The Labute approximate surface area is 129 Å². The van der Waals surface area contributed by atoms with Crippen LogP contribution in [0.4, 0.5) is 0 Å². The molecule has 0 radical (unpaired) electrons. The highest BCUT2D eigenvalue weighted by molar-refractivity contribution is 9.10. The summed E-state index contributed by atoms with van der Waals surface area (Å²) in [7, 11) is 0. The second kappa shape index (κ2) is 4.87. The number of carboxylic acid groups (broad SMARTS) is 1. The average molecular weight is 352 g/mol. The molecule has 0 bridgehead atoms. The van der Waals surface area contributed by atoms with Crippen molar-refractivity contribution < 1.29 is 19.1 Å². The predicted octanol–water partition coefficient (Wildman–Crippen LogP) is 3.12. The second-order valence-corrected chi connectivity index (χ2v) is 6.33. The summed E-state index contributed by atoms with van der Waals surface area (Å²) >= 11 is 3.37. The van der Waals surface area contributed by atoms with E-state index in [1.807, 2.05) is 12.1 Å². The fourth-order valence-electron chi connectivity index (χ4n) is 2.51. The first-order valence-corrected chi connectivity index (χ1v) is 7.43. The molecule has 1 saturated carbocycles. The van der Waals surface area contributed by atoms with Crippen LogP contribution in [-0.4, -0.2) is 28.4 Å². The summed E-state index contributed by atoms with van der Waals surface area (Å²) in [5.74, 6) is -0.832. The Bertz CT molecular complexity index is 722. The van der Waals surface area contributed by atoms with Gasteiger partial charge in [-0.2, -0.15) is 0 Å². The zero-order chi connectivity index (χ0) is 15.2. The van der Waals surface area contributed by atoms with E-state index in [9.17, 15) is 14.7 Å². The molecule has 1 heterocycles. The van der Waals surface area contributed by atoms with Crippen LogP contribution in [0, 0.1) is 0 Å². The molecule has 1 amide bonds. The maximum Gasteiger partial charge on any atom is 0.337 e. The van der Waals surface area contributed by atoms with Crippen LogP contribution in [0.3, 0.4) is 0 Å². The minimum Gasteiger partial charge on any atom is -0.479 e. The number of furan rings is 1. The average Bonchev–Trinajstić information content (AvgIpc) is 3.17. The van der Waals surface area contributed by atoms with Gasteiger partial charge >= 0.3 is 5.97 Å². The molecule has 1 aliphatic carbocycles.